The zero-order chi connectivity index (χ0) is 13.2. The summed E-state index contributed by atoms with van der Waals surface area (Å²) < 4.78 is 20.1. The Morgan fingerprint density at radius 3 is 2.79 bits per heavy atom. The second-order valence-electron chi connectivity index (χ2n) is 4.71. The monoisotopic (exact) mass is 321 g/mol. The molecule has 0 amide bonds. The van der Waals surface area contributed by atoms with E-state index in [1.165, 1.54) is 12.8 Å². The van der Waals surface area contributed by atoms with E-state index in [4.69, 9.17) is 4.74 Å². The number of hydrogen-bond acceptors (Lipinski definition) is 2. The van der Waals surface area contributed by atoms with Crippen LogP contribution in [0.25, 0.3) is 0 Å². The summed E-state index contributed by atoms with van der Waals surface area (Å²) >= 11 is 3.27. The lowest BCUT2D eigenvalue weighted by Gasteiger charge is -2.08. The highest BCUT2D eigenvalue weighted by atomic mass is 79.9. The summed E-state index contributed by atoms with van der Waals surface area (Å²) in [7, 11) is 0. The van der Waals surface area contributed by atoms with E-state index in [0.29, 0.717) is 22.0 Å². The van der Waals surface area contributed by atoms with Crippen LogP contribution in [0.4, 0.5) is 4.39 Å². The minimum atomic E-state index is -0.195. The lowest BCUT2D eigenvalue weighted by molar-refractivity contribution is 0.287. The third kappa shape index (κ3) is 3.13. The number of halogens is 2. The highest BCUT2D eigenvalue weighted by Crippen LogP contribution is 2.40. The number of rotatable bonds is 4. The molecule has 1 saturated carbocycles. The summed E-state index contributed by atoms with van der Waals surface area (Å²) in [4.78, 5) is 4.15. The average molecular weight is 322 g/mol. The second kappa shape index (κ2) is 5.29. The van der Waals surface area contributed by atoms with Crippen molar-refractivity contribution in [3.05, 3.63) is 57.9 Å². The van der Waals surface area contributed by atoms with Crippen LogP contribution in [0.5, 0.6) is 5.88 Å². The van der Waals surface area contributed by atoms with E-state index in [9.17, 15) is 4.39 Å². The van der Waals surface area contributed by atoms with Gasteiger partial charge < -0.3 is 4.74 Å². The highest BCUT2D eigenvalue weighted by molar-refractivity contribution is 9.10. The Morgan fingerprint density at radius 2 is 2.11 bits per heavy atom. The number of hydrogen-bond donors (Lipinski definition) is 0. The molecule has 0 bridgehead atoms. The largest absolute Gasteiger partial charge is 0.473 e. The minimum Gasteiger partial charge on any atom is -0.473 e. The van der Waals surface area contributed by atoms with Crippen LogP contribution in [0.3, 0.4) is 0 Å². The van der Waals surface area contributed by atoms with Crippen LogP contribution in [0.1, 0.15) is 29.9 Å². The lowest BCUT2D eigenvalue weighted by Crippen LogP contribution is -2.00. The zero-order valence-corrected chi connectivity index (χ0v) is 11.9. The van der Waals surface area contributed by atoms with Gasteiger partial charge in [-0.15, -0.1) is 0 Å². The first kappa shape index (κ1) is 12.6. The Kier molecular flexibility index (Phi) is 3.51. The molecular weight excluding hydrogens is 309 g/mol. The molecule has 1 aliphatic rings. The normalized spacial score (nSPS) is 14.4. The summed E-state index contributed by atoms with van der Waals surface area (Å²) in [5.74, 6) is 0.857. The van der Waals surface area contributed by atoms with Gasteiger partial charge in [0, 0.05) is 11.6 Å². The molecule has 2 aromatic rings. The Morgan fingerprint density at radius 1 is 1.26 bits per heavy atom. The molecule has 0 aliphatic heterocycles. The van der Waals surface area contributed by atoms with Gasteiger partial charge in [-0.05, 0) is 52.4 Å². The van der Waals surface area contributed by atoms with Gasteiger partial charge in [0.15, 0.2) is 0 Å². The van der Waals surface area contributed by atoms with E-state index in [1.54, 1.807) is 18.2 Å². The summed E-state index contributed by atoms with van der Waals surface area (Å²) in [6, 6.07) is 10.8. The first-order valence-corrected chi connectivity index (χ1v) is 7.05. The molecule has 1 heterocycles. The maximum absolute atomic E-state index is 13.9. The molecule has 0 spiro atoms. The van der Waals surface area contributed by atoms with Gasteiger partial charge in [0.2, 0.25) is 5.88 Å². The fourth-order valence-corrected chi connectivity index (χ4v) is 2.30. The van der Waals surface area contributed by atoms with Gasteiger partial charge in [-0.3, -0.25) is 0 Å². The van der Waals surface area contributed by atoms with Gasteiger partial charge in [0.1, 0.15) is 17.0 Å². The maximum Gasteiger partial charge on any atom is 0.214 e. The Balaban J connectivity index is 1.69. The number of pyridine rings is 1. The van der Waals surface area contributed by atoms with Crippen molar-refractivity contribution in [2.45, 2.75) is 25.4 Å². The zero-order valence-electron chi connectivity index (χ0n) is 10.3. The Labute approximate surface area is 119 Å². The molecule has 1 fully saturated rings. The van der Waals surface area contributed by atoms with Gasteiger partial charge in [-0.2, -0.15) is 0 Å². The van der Waals surface area contributed by atoms with Crippen molar-refractivity contribution in [2.75, 3.05) is 0 Å². The van der Waals surface area contributed by atoms with Crippen LogP contribution < -0.4 is 4.74 Å². The van der Waals surface area contributed by atoms with E-state index in [0.717, 1.165) is 5.56 Å². The first-order chi connectivity index (χ1) is 9.22. The first-order valence-electron chi connectivity index (χ1n) is 6.26. The molecule has 0 atom stereocenters. The number of nitrogens with zero attached hydrogens (tertiary/aromatic N) is 1. The summed E-state index contributed by atoms with van der Waals surface area (Å²) in [5, 5.41) is 0. The van der Waals surface area contributed by atoms with Crippen LogP contribution in [-0.2, 0) is 6.61 Å². The van der Waals surface area contributed by atoms with Crippen molar-refractivity contribution < 1.29 is 9.13 Å². The van der Waals surface area contributed by atoms with Crippen molar-refractivity contribution >= 4 is 15.9 Å². The fraction of sp³-hybridized carbons (Fsp3) is 0.267. The van der Waals surface area contributed by atoms with E-state index >= 15 is 0 Å². The molecule has 0 saturated heterocycles. The van der Waals surface area contributed by atoms with Crippen molar-refractivity contribution in [3.63, 3.8) is 0 Å². The van der Waals surface area contributed by atoms with E-state index in [-0.39, 0.29) is 12.4 Å². The third-order valence-electron chi connectivity index (χ3n) is 3.19. The lowest BCUT2D eigenvalue weighted by atomic mass is 10.1. The van der Waals surface area contributed by atoms with Gasteiger partial charge in [-0.25, -0.2) is 9.37 Å². The molecule has 0 N–H and O–H groups in total. The molecule has 98 valence electrons. The van der Waals surface area contributed by atoms with Crippen LogP contribution in [0.15, 0.2) is 41.0 Å². The van der Waals surface area contributed by atoms with E-state index in [2.05, 4.69) is 20.9 Å². The van der Waals surface area contributed by atoms with Gasteiger partial charge in [-0.1, -0.05) is 18.2 Å². The van der Waals surface area contributed by atoms with Crippen LogP contribution in [-0.4, -0.2) is 4.98 Å². The molecule has 0 radical (unpaired) electrons. The number of ether oxygens (including phenoxy) is 1. The standard InChI is InChI=1S/C15H13BrFNO/c16-14-2-1-3-15(18-14)19-9-12-7-6-11(8-13(12)17)10-4-5-10/h1-3,6-8,10H,4-5,9H2. The fourth-order valence-electron chi connectivity index (χ4n) is 1.97. The van der Waals surface area contributed by atoms with Crippen molar-refractivity contribution in [1.82, 2.24) is 4.98 Å². The summed E-state index contributed by atoms with van der Waals surface area (Å²) in [6.07, 6.45) is 2.36. The topological polar surface area (TPSA) is 22.1 Å². The van der Waals surface area contributed by atoms with Crippen LogP contribution >= 0.6 is 15.9 Å². The van der Waals surface area contributed by atoms with Crippen LogP contribution in [0.2, 0.25) is 0 Å². The van der Waals surface area contributed by atoms with Crippen molar-refractivity contribution in [3.8, 4) is 5.88 Å². The minimum absolute atomic E-state index is 0.195. The van der Waals surface area contributed by atoms with Crippen LogP contribution in [0, 0.1) is 5.82 Å². The van der Waals surface area contributed by atoms with Crippen molar-refractivity contribution in [2.24, 2.45) is 0 Å². The molecule has 1 aliphatic carbocycles. The molecule has 0 unspecified atom stereocenters. The average Bonchev–Trinajstić information content (AvgIpc) is 3.21. The third-order valence-corrected chi connectivity index (χ3v) is 3.63. The number of aromatic nitrogens is 1. The Bertz CT molecular complexity index is 598. The summed E-state index contributed by atoms with van der Waals surface area (Å²) in [5.41, 5.74) is 1.66. The van der Waals surface area contributed by atoms with E-state index < -0.39 is 0 Å². The van der Waals surface area contributed by atoms with Gasteiger partial charge in [0.25, 0.3) is 0 Å². The molecule has 3 rings (SSSR count). The molecular formula is C15H13BrFNO. The smallest absolute Gasteiger partial charge is 0.214 e. The molecule has 4 heteroatoms. The van der Waals surface area contributed by atoms with E-state index in [1.807, 2.05) is 18.2 Å². The summed E-state index contributed by atoms with van der Waals surface area (Å²) in [6.45, 7) is 0.195. The maximum atomic E-state index is 13.9. The van der Waals surface area contributed by atoms with Gasteiger partial charge >= 0.3 is 0 Å². The molecule has 1 aromatic heterocycles. The molecule has 1 aromatic carbocycles. The molecule has 2 nitrogen and oxygen atoms in total. The predicted molar refractivity (Wildman–Crippen MR) is 74.6 cm³/mol. The molecule has 19 heavy (non-hydrogen) atoms. The highest BCUT2D eigenvalue weighted by Gasteiger charge is 2.24. The second-order valence-corrected chi connectivity index (χ2v) is 5.52. The number of benzene rings is 1. The van der Waals surface area contributed by atoms with Gasteiger partial charge in [0.05, 0.1) is 0 Å². The SMILES string of the molecule is Fc1cc(C2CC2)ccc1COc1cccc(Br)n1. The quantitative estimate of drug-likeness (QED) is 0.777. The Hall–Kier alpha value is -1.42. The predicted octanol–water partition coefficient (Wildman–Crippen LogP) is 4.44. The van der Waals surface area contributed by atoms with Crippen molar-refractivity contribution in [1.29, 1.82) is 0 Å².